The van der Waals surface area contributed by atoms with E-state index in [1.165, 1.54) is 12.1 Å². The molecule has 0 spiro atoms. The summed E-state index contributed by atoms with van der Waals surface area (Å²) in [6, 6.07) is 3.60. The van der Waals surface area contributed by atoms with Gasteiger partial charge in [-0.15, -0.1) is 0 Å². The summed E-state index contributed by atoms with van der Waals surface area (Å²) in [6.45, 7) is 2.06. The number of hydrogen-bond donors (Lipinski definition) is 3. The zero-order valence-corrected chi connectivity index (χ0v) is 11.4. The molecular formula is C13H20FN3O2. The maximum atomic E-state index is 13.1. The first kappa shape index (κ1) is 15.4. The van der Waals surface area contributed by atoms with Crippen LogP contribution in [0.4, 0.5) is 10.1 Å². The summed E-state index contributed by atoms with van der Waals surface area (Å²) >= 11 is 0. The van der Waals surface area contributed by atoms with Crippen LogP contribution in [-0.4, -0.2) is 48.7 Å². The monoisotopic (exact) mass is 269 g/mol. The molecule has 0 aliphatic rings. The molecule has 0 fully saturated rings. The maximum absolute atomic E-state index is 13.1. The van der Waals surface area contributed by atoms with Gasteiger partial charge in [-0.2, -0.15) is 0 Å². The van der Waals surface area contributed by atoms with Gasteiger partial charge in [0.1, 0.15) is 5.82 Å². The molecule has 1 amide bonds. The zero-order chi connectivity index (χ0) is 14.6. The second kappa shape index (κ2) is 5.99. The van der Waals surface area contributed by atoms with Crippen molar-refractivity contribution in [1.82, 2.24) is 10.2 Å². The van der Waals surface area contributed by atoms with E-state index in [1.54, 1.807) is 6.92 Å². The minimum atomic E-state index is -1.07. The van der Waals surface area contributed by atoms with Crippen molar-refractivity contribution < 1.29 is 14.3 Å². The normalized spacial score (nSPS) is 14.2. The topological polar surface area (TPSA) is 78.6 Å². The number of halogens is 1. The number of aliphatic hydroxyl groups is 1. The number of nitrogens with zero attached hydrogens (tertiary/aromatic N) is 1. The summed E-state index contributed by atoms with van der Waals surface area (Å²) < 4.78 is 13.1. The molecule has 6 heteroatoms. The van der Waals surface area contributed by atoms with Crippen molar-refractivity contribution in [3.05, 3.63) is 29.6 Å². The van der Waals surface area contributed by atoms with Crippen LogP contribution in [0, 0.1) is 5.82 Å². The molecule has 0 heterocycles. The third kappa shape index (κ3) is 4.84. The molecule has 0 saturated carbocycles. The minimum absolute atomic E-state index is 0.0555. The van der Waals surface area contributed by atoms with Crippen molar-refractivity contribution in [3.63, 3.8) is 0 Å². The Morgan fingerprint density at radius 2 is 2.16 bits per heavy atom. The molecule has 0 aliphatic heterocycles. The number of carbonyl (C=O) groups excluding carboxylic acids is 1. The third-order valence-corrected chi connectivity index (χ3v) is 2.55. The van der Waals surface area contributed by atoms with Crippen molar-refractivity contribution in [3.8, 4) is 0 Å². The van der Waals surface area contributed by atoms with Crippen LogP contribution in [0.5, 0.6) is 0 Å². The largest absolute Gasteiger partial charge is 0.398 e. The second-order valence-corrected chi connectivity index (χ2v) is 5.15. The SMILES string of the molecule is CN(C)CC(C)(O)CNC(=O)c1cc(F)ccc1N. The van der Waals surface area contributed by atoms with Gasteiger partial charge in [0.25, 0.3) is 5.91 Å². The molecule has 5 nitrogen and oxygen atoms in total. The average Bonchev–Trinajstić information content (AvgIpc) is 2.27. The van der Waals surface area contributed by atoms with Gasteiger partial charge in [-0.3, -0.25) is 4.79 Å². The molecule has 106 valence electrons. The highest BCUT2D eigenvalue weighted by Crippen LogP contribution is 2.13. The molecule has 0 aromatic heterocycles. The Hall–Kier alpha value is -1.66. The predicted octanol–water partition coefficient (Wildman–Crippen LogP) is 0.450. The van der Waals surface area contributed by atoms with Crippen LogP contribution in [0.15, 0.2) is 18.2 Å². The van der Waals surface area contributed by atoms with Crippen LogP contribution < -0.4 is 11.1 Å². The molecule has 1 aromatic carbocycles. The zero-order valence-electron chi connectivity index (χ0n) is 11.4. The summed E-state index contributed by atoms with van der Waals surface area (Å²) in [5, 5.41) is 12.6. The molecule has 4 N–H and O–H groups in total. The van der Waals surface area contributed by atoms with E-state index >= 15 is 0 Å². The lowest BCUT2D eigenvalue weighted by Crippen LogP contribution is -2.47. The van der Waals surface area contributed by atoms with Gasteiger partial charge in [-0.05, 0) is 39.2 Å². The minimum Gasteiger partial charge on any atom is -0.398 e. The number of nitrogens with two attached hydrogens (primary N) is 1. The van der Waals surface area contributed by atoms with Crippen LogP contribution in [0.2, 0.25) is 0 Å². The summed E-state index contributed by atoms with van der Waals surface area (Å²) in [4.78, 5) is 13.7. The number of anilines is 1. The molecule has 1 rings (SSSR count). The molecule has 1 atom stereocenters. The fourth-order valence-corrected chi connectivity index (χ4v) is 1.83. The highest BCUT2D eigenvalue weighted by Gasteiger charge is 2.23. The summed E-state index contributed by atoms with van der Waals surface area (Å²) in [5.74, 6) is -1.03. The van der Waals surface area contributed by atoms with E-state index in [0.717, 1.165) is 6.07 Å². The highest BCUT2D eigenvalue weighted by molar-refractivity contribution is 5.99. The molecule has 1 unspecified atom stereocenters. The molecule has 0 bridgehead atoms. The first-order chi connectivity index (χ1) is 8.71. The number of nitrogens with one attached hydrogen (secondary N) is 1. The maximum Gasteiger partial charge on any atom is 0.253 e. The standard InChI is InChI=1S/C13H20FN3O2/c1-13(19,8-17(2)3)7-16-12(18)10-6-9(14)4-5-11(10)15/h4-6,19H,7-8,15H2,1-3H3,(H,16,18). The van der Waals surface area contributed by atoms with E-state index < -0.39 is 17.3 Å². The first-order valence-corrected chi connectivity index (χ1v) is 5.91. The summed E-state index contributed by atoms with van der Waals surface area (Å²) in [6.07, 6.45) is 0. The van der Waals surface area contributed by atoms with E-state index in [2.05, 4.69) is 5.32 Å². The molecule has 0 saturated heterocycles. The predicted molar refractivity (Wildman–Crippen MR) is 72.3 cm³/mol. The smallest absolute Gasteiger partial charge is 0.253 e. The summed E-state index contributed by atoms with van der Waals surface area (Å²) in [5.41, 5.74) is 4.81. The molecule has 19 heavy (non-hydrogen) atoms. The van der Waals surface area contributed by atoms with E-state index in [1.807, 2.05) is 19.0 Å². The van der Waals surface area contributed by atoms with Crippen molar-refractivity contribution in [2.24, 2.45) is 0 Å². The van der Waals surface area contributed by atoms with Crippen molar-refractivity contribution in [2.75, 3.05) is 32.9 Å². The first-order valence-electron chi connectivity index (χ1n) is 5.91. The van der Waals surface area contributed by atoms with E-state index in [4.69, 9.17) is 5.73 Å². The number of nitrogen functional groups attached to an aromatic ring is 1. The van der Waals surface area contributed by atoms with Gasteiger partial charge in [0, 0.05) is 18.8 Å². The fraction of sp³-hybridized carbons (Fsp3) is 0.462. The molecule has 1 aromatic rings. The van der Waals surface area contributed by atoms with Gasteiger partial charge >= 0.3 is 0 Å². The lowest BCUT2D eigenvalue weighted by atomic mass is 10.1. The van der Waals surface area contributed by atoms with E-state index in [-0.39, 0.29) is 17.8 Å². The number of benzene rings is 1. The van der Waals surface area contributed by atoms with Gasteiger partial charge in [0.15, 0.2) is 0 Å². The highest BCUT2D eigenvalue weighted by atomic mass is 19.1. The number of hydrogen-bond acceptors (Lipinski definition) is 4. The van der Waals surface area contributed by atoms with Gasteiger partial charge in [0.05, 0.1) is 11.2 Å². The van der Waals surface area contributed by atoms with Gasteiger partial charge in [-0.25, -0.2) is 4.39 Å². The van der Waals surface area contributed by atoms with Crippen molar-refractivity contribution >= 4 is 11.6 Å². The second-order valence-electron chi connectivity index (χ2n) is 5.15. The van der Waals surface area contributed by atoms with Crippen molar-refractivity contribution in [1.29, 1.82) is 0 Å². The van der Waals surface area contributed by atoms with Crippen LogP contribution in [0.1, 0.15) is 17.3 Å². The molecular weight excluding hydrogens is 249 g/mol. The van der Waals surface area contributed by atoms with E-state index in [0.29, 0.717) is 6.54 Å². The Balaban J connectivity index is 2.68. The lowest BCUT2D eigenvalue weighted by molar-refractivity contribution is 0.0326. The fourth-order valence-electron chi connectivity index (χ4n) is 1.83. The number of rotatable bonds is 5. The Bertz CT molecular complexity index is 461. The quantitative estimate of drug-likeness (QED) is 0.678. The van der Waals surface area contributed by atoms with Gasteiger partial charge in [-0.1, -0.05) is 0 Å². The van der Waals surface area contributed by atoms with Crippen molar-refractivity contribution in [2.45, 2.75) is 12.5 Å². The van der Waals surface area contributed by atoms with Crippen LogP contribution >= 0.6 is 0 Å². The lowest BCUT2D eigenvalue weighted by Gasteiger charge is -2.27. The van der Waals surface area contributed by atoms with Gasteiger partial charge < -0.3 is 21.1 Å². The van der Waals surface area contributed by atoms with E-state index in [9.17, 15) is 14.3 Å². The van der Waals surface area contributed by atoms with Crippen LogP contribution in [-0.2, 0) is 0 Å². The average molecular weight is 269 g/mol. The molecule has 0 radical (unpaired) electrons. The molecule has 0 aliphatic carbocycles. The Morgan fingerprint density at radius 3 is 2.74 bits per heavy atom. The van der Waals surface area contributed by atoms with Crippen LogP contribution in [0.3, 0.4) is 0 Å². The number of amides is 1. The van der Waals surface area contributed by atoms with Gasteiger partial charge in [0.2, 0.25) is 0 Å². The number of likely N-dealkylation sites (N-methyl/N-ethyl adjacent to an activating group) is 1. The Morgan fingerprint density at radius 1 is 1.53 bits per heavy atom. The summed E-state index contributed by atoms with van der Waals surface area (Å²) in [7, 11) is 3.64. The third-order valence-electron chi connectivity index (χ3n) is 2.55. The Kier molecular flexibility index (Phi) is 4.85. The Labute approximate surface area is 112 Å². The van der Waals surface area contributed by atoms with Crippen LogP contribution in [0.25, 0.3) is 0 Å². The number of carbonyl (C=O) groups is 1.